The molecule has 0 radical (unpaired) electrons. The molecule has 11 heteroatoms. The predicted molar refractivity (Wildman–Crippen MR) is 145 cm³/mol. The first-order valence-electron chi connectivity index (χ1n) is 12.7. The number of nitrogens with one attached hydrogen (secondary N) is 1. The summed E-state index contributed by atoms with van der Waals surface area (Å²) in [5.41, 5.74) is 7.68. The van der Waals surface area contributed by atoms with Crippen LogP contribution >= 0.6 is 0 Å². The van der Waals surface area contributed by atoms with Crippen LogP contribution in [0.2, 0.25) is 0 Å². The molecule has 9 nitrogen and oxygen atoms in total. The van der Waals surface area contributed by atoms with E-state index >= 15 is 0 Å². The van der Waals surface area contributed by atoms with Crippen molar-refractivity contribution in [2.45, 2.75) is 33.2 Å². The van der Waals surface area contributed by atoms with Crippen LogP contribution in [0.5, 0.6) is 5.75 Å². The largest absolute Gasteiger partial charge is 0.493 e. The second-order valence-corrected chi connectivity index (χ2v) is 8.96. The third-order valence-corrected chi connectivity index (χ3v) is 6.07. The Kier molecular flexibility index (Phi) is 7.69. The minimum absolute atomic E-state index is 0.112. The second kappa shape index (κ2) is 11.5. The van der Waals surface area contributed by atoms with Gasteiger partial charge < -0.3 is 15.8 Å². The first-order valence-corrected chi connectivity index (χ1v) is 12.7. The lowest BCUT2D eigenvalue weighted by atomic mass is 10.1. The Morgan fingerprint density at radius 3 is 2.59 bits per heavy atom. The highest BCUT2D eigenvalue weighted by Crippen LogP contribution is 2.30. The number of anilines is 2. The molecule has 0 aliphatic rings. The average Bonchev–Trinajstić information content (AvgIpc) is 3.29. The summed E-state index contributed by atoms with van der Waals surface area (Å²) in [6.07, 6.45) is 4.65. The van der Waals surface area contributed by atoms with E-state index in [2.05, 4.69) is 20.3 Å². The van der Waals surface area contributed by atoms with E-state index in [0.717, 1.165) is 17.4 Å². The van der Waals surface area contributed by atoms with Gasteiger partial charge in [0.05, 0.1) is 18.7 Å². The summed E-state index contributed by atoms with van der Waals surface area (Å²) in [5.74, 6) is 0.853. The van der Waals surface area contributed by atoms with Gasteiger partial charge in [0.2, 0.25) is 0 Å². The lowest BCUT2D eigenvalue weighted by Crippen LogP contribution is -2.09. The number of benzene rings is 2. The minimum Gasteiger partial charge on any atom is -0.493 e. The fraction of sp³-hybridized carbons (Fsp3) is 0.250. The zero-order chi connectivity index (χ0) is 27.4. The van der Waals surface area contributed by atoms with Gasteiger partial charge in [0.15, 0.2) is 5.82 Å². The van der Waals surface area contributed by atoms with E-state index in [1.54, 1.807) is 30.1 Å². The average molecular weight is 531 g/mol. The van der Waals surface area contributed by atoms with Crippen molar-refractivity contribution in [3.05, 3.63) is 83.4 Å². The van der Waals surface area contributed by atoms with Crippen LogP contribution in [-0.4, -0.2) is 42.9 Å². The molecule has 0 atom stereocenters. The van der Waals surface area contributed by atoms with Crippen molar-refractivity contribution in [3.8, 4) is 17.3 Å². The van der Waals surface area contributed by atoms with Gasteiger partial charge in [-0.05, 0) is 38.4 Å². The number of aromatic nitrogens is 6. The number of nitrogens with two attached hydrogens (primary N) is 1. The summed E-state index contributed by atoms with van der Waals surface area (Å²) in [6.45, 7) is 4.39. The van der Waals surface area contributed by atoms with Crippen molar-refractivity contribution in [1.29, 1.82) is 0 Å². The number of rotatable bonds is 10. The Morgan fingerprint density at radius 1 is 1.05 bits per heavy atom. The Morgan fingerprint density at radius 2 is 1.85 bits per heavy atom. The van der Waals surface area contributed by atoms with E-state index in [4.69, 9.17) is 20.6 Å². The van der Waals surface area contributed by atoms with Crippen LogP contribution in [0, 0.1) is 18.6 Å². The maximum atomic E-state index is 14.9. The fourth-order valence-corrected chi connectivity index (χ4v) is 4.21. The normalized spacial score (nSPS) is 11.2. The van der Waals surface area contributed by atoms with Gasteiger partial charge in [0.1, 0.15) is 40.5 Å². The van der Waals surface area contributed by atoms with Crippen LogP contribution in [0.1, 0.15) is 30.3 Å². The highest BCUT2D eigenvalue weighted by atomic mass is 19.1. The van der Waals surface area contributed by atoms with Crippen LogP contribution in [-0.2, 0) is 13.0 Å². The quantitative estimate of drug-likeness (QED) is 0.261. The van der Waals surface area contributed by atoms with Gasteiger partial charge in [-0.2, -0.15) is 5.10 Å². The summed E-state index contributed by atoms with van der Waals surface area (Å²) in [6, 6.07) is 11.6. The summed E-state index contributed by atoms with van der Waals surface area (Å²) >= 11 is 0. The van der Waals surface area contributed by atoms with Gasteiger partial charge in [-0.3, -0.25) is 4.68 Å². The number of fused-ring (bicyclic) bond motifs is 1. The number of nitrogens with zero attached hydrogens (tertiary/aromatic N) is 6. The zero-order valence-electron chi connectivity index (χ0n) is 21.7. The molecule has 200 valence electrons. The van der Waals surface area contributed by atoms with Gasteiger partial charge in [-0.15, -0.1) is 0 Å². The molecule has 2 aromatic carbocycles. The van der Waals surface area contributed by atoms with Gasteiger partial charge in [0.25, 0.3) is 0 Å². The highest BCUT2D eigenvalue weighted by molar-refractivity contribution is 5.91. The standard InChI is InChI=1S/C28H28F2N8O/c1-3-12-39-19-13-22(29)21(23(30)14-19)16-38-24-7-5-4-6-20(24)26(37-38)28-33-15-18(8-10-31)27(36-28)35-25-9-11-32-17(2)34-25/h4-7,9,11,13-15H,3,8,10,12,16,31H2,1-2H3,(H,32,33,34,35,36). The fourth-order valence-electron chi connectivity index (χ4n) is 4.21. The molecule has 3 N–H and O–H groups in total. The molecule has 0 aliphatic heterocycles. The van der Waals surface area contributed by atoms with Crippen molar-refractivity contribution < 1.29 is 13.5 Å². The topological polar surface area (TPSA) is 117 Å². The molecule has 0 bridgehead atoms. The molecule has 0 unspecified atom stereocenters. The van der Waals surface area contributed by atoms with Crippen LogP contribution in [0.25, 0.3) is 22.4 Å². The first-order chi connectivity index (χ1) is 19.0. The van der Waals surface area contributed by atoms with Crippen LogP contribution in [0.4, 0.5) is 20.4 Å². The Hall–Kier alpha value is -4.51. The maximum absolute atomic E-state index is 14.9. The molecule has 3 heterocycles. The third kappa shape index (κ3) is 5.68. The molecule has 3 aromatic heterocycles. The molecular formula is C28H28F2N8O. The number of halogens is 2. The van der Waals surface area contributed by atoms with E-state index in [1.165, 1.54) is 12.1 Å². The molecular weight excluding hydrogens is 502 g/mol. The van der Waals surface area contributed by atoms with Crippen molar-refractivity contribution >= 4 is 22.5 Å². The first kappa shape index (κ1) is 26.1. The Balaban J connectivity index is 1.54. The second-order valence-electron chi connectivity index (χ2n) is 8.96. The monoisotopic (exact) mass is 530 g/mol. The molecule has 0 saturated heterocycles. The SMILES string of the molecule is CCCOc1cc(F)c(Cn2nc(-c3ncc(CCN)c(Nc4ccnc(C)n4)n3)c3ccccc32)c(F)c1. The molecule has 0 spiro atoms. The molecule has 5 aromatic rings. The number of ether oxygens (including phenoxy) is 1. The van der Waals surface area contributed by atoms with E-state index in [-0.39, 0.29) is 17.9 Å². The van der Waals surface area contributed by atoms with E-state index in [9.17, 15) is 8.78 Å². The number of aryl methyl sites for hydroxylation is 1. The van der Waals surface area contributed by atoms with Crippen molar-refractivity contribution in [2.75, 3.05) is 18.5 Å². The summed E-state index contributed by atoms with van der Waals surface area (Å²) < 4.78 is 36.8. The lowest BCUT2D eigenvalue weighted by molar-refractivity contribution is 0.313. The van der Waals surface area contributed by atoms with Crippen molar-refractivity contribution in [3.63, 3.8) is 0 Å². The van der Waals surface area contributed by atoms with Crippen molar-refractivity contribution in [1.82, 2.24) is 29.7 Å². The molecule has 5 rings (SSSR count). The molecule has 39 heavy (non-hydrogen) atoms. The number of hydrogen-bond acceptors (Lipinski definition) is 8. The van der Waals surface area contributed by atoms with Gasteiger partial charge in [-0.1, -0.05) is 25.1 Å². The van der Waals surface area contributed by atoms with Crippen LogP contribution < -0.4 is 15.8 Å². The zero-order valence-corrected chi connectivity index (χ0v) is 21.7. The highest BCUT2D eigenvalue weighted by Gasteiger charge is 2.20. The van der Waals surface area contributed by atoms with E-state index in [0.29, 0.717) is 54.1 Å². The molecule has 0 fully saturated rings. The molecule has 0 saturated carbocycles. The lowest BCUT2D eigenvalue weighted by Gasteiger charge is -2.11. The van der Waals surface area contributed by atoms with Gasteiger partial charge >= 0.3 is 0 Å². The summed E-state index contributed by atoms with van der Waals surface area (Å²) in [4.78, 5) is 17.8. The molecule has 0 amide bonds. The predicted octanol–water partition coefficient (Wildman–Crippen LogP) is 4.95. The smallest absolute Gasteiger partial charge is 0.182 e. The third-order valence-electron chi connectivity index (χ3n) is 6.07. The van der Waals surface area contributed by atoms with Crippen LogP contribution in [0.15, 0.2) is 54.9 Å². The van der Waals surface area contributed by atoms with E-state index in [1.807, 2.05) is 31.2 Å². The van der Waals surface area contributed by atoms with Gasteiger partial charge in [0, 0.05) is 41.0 Å². The van der Waals surface area contributed by atoms with E-state index < -0.39 is 11.6 Å². The number of para-hydroxylation sites is 1. The Bertz CT molecular complexity index is 1600. The minimum atomic E-state index is -0.698. The summed E-state index contributed by atoms with van der Waals surface area (Å²) in [7, 11) is 0. The molecule has 0 aliphatic carbocycles. The number of hydrogen-bond donors (Lipinski definition) is 2. The summed E-state index contributed by atoms with van der Waals surface area (Å²) in [5, 5.41) is 8.68. The van der Waals surface area contributed by atoms with Crippen LogP contribution in [0.3, 0.4) is 0 Å². The van der Waals surface area contributed by atoms with Gasteiger partial charge in [-0.25, -0.2) is 28.7 Å². The van der Waals surface area contributed by atoms with Crippen molar-refractivity contribution in [2.24, 2.45) is 5.73 Å². The Labute approximate surface area is 224 Å². The maximum Gasteiger partial charge on any atom is 0.182 e.